The Kier molecular flexibility index (Phi) is 5.40. The summed E-state index contributed by atoms with van der Waals surface area (Å²) in [6, 6.07) is 16.5. The molecule has 4 rings (SSSR count). The molecule has 3 atom stereocenters. The Bertz CT molecular complexity index is 1060. The van der Waals surface area contributed by atoms with Crippen LogP contribution in [0.4, 0.5) is 0 Å². The van der Waals surface area contributed by atoms with Crippen LogP contribution >= 0.6 is 0 Å². The van der Waals surface area contributed by atoms with Crippen molar-refractivity contribution in [2.24, 2.45) is 11.8 Å². The molecule has 3 nitrogen and oxygen atoms in total. The number of hydrogen-bond donors (Lipinski definition) is 1. The van der Waals surface area contributed by atoms with Gasteiger partial charge in [-0.2, -0.15) is 0 Å². The number of carbonyl (C=O) groups is 1. The zero-order chi connectivity index (χ0) is 20.5. The number of carbonyl (C=O) groups excluding carboxylic acids is 1. The van der Waals surface area contributed by atoms with E-state index in [4.69, 9.17) is 4.98 Å². The molecular weight excluding hydrogens is 356 g/mol. The van der Waals surface area contributed by atoms with Crippen molar-refractivity contribution in [1.29, 1.82) is 0 Å². The highest BCUT2D eigenvalue weighted by atomic mass is 16.1. The van der Waals surface area contributed by atoms with Crippen molar-refractivity contribution in [3.8, 4) is 11.3 Å². The van der Waals surface area contributed by atoms with Crippen molar-refractivity contribution in [3.63, 3.8) is 0 Å². The Morgan fingerprint density at radius 1 is 1.00 bits per heavy atom. The van der Waals surface area contributed by atoms with Gasteiger partial charge in [0.15, 0.2) is 0 Å². The number of hydrogen-bond acceptors (Lipinski definition) is 2. The van der Waals surface area contributed by atoms with Gasteiger partial charge in [-0.3, -0.25) is 4.79 Å². The van der Waals surface area contributed by atoms with E-state index >= 15 is 0 Å². The number of rotatable bonds is 3. The third kappa shape index (κ3) is 3.91. The monoisotopic (exact) mass is 386 g/mol. The summed E-state index contributed by atoms with van der Waals surface area (Å²) in [5.41, 5.74) is 5.96. The standard InChI is InChI=1S/C26H30N2O/c1-16-12-13-20(14-18(16)3)25-15-22(21-9-5-6-10-24(21)27-25)26(29)28-23-11-7-8-17(2)19(23)4/h5-6,9-10,12-15,17,19,23H,7-8,11H2,1-4H3,(H,28,29)/t17-,19+,23+/m0/s1. The Labute approximate surface area is 173 Å². The maximum Gasteiger partial charge on any atom is 0.252 e. The summed E-state index contributed by atoms with van der Waals surface area (Å²) in [5.74, 6) is 1.16. The third-order valence-corrected chi connectivity index (χ3v) is 6.79. The van der Waals surface area contributed by atoms with Crippen molar-refractivity contribution in [2.45, 2.75) is 53.0 Å². The molecule has 1 aliphatic rings. The molecule has 0 bridgehead atoms. The fraction of sp³-hybridized carbons (Fsp3) is 0.385. The quantitative estimate of drug-likeness (QED) is 0.593. The topological polar surface area (TPSA) is 42.0 Å². The molecule has 1 aliphatic carbocycles. The first-order valence-corrected chi connectivity index (χ1v) is 10.7. The lowest BCUT2D eigenvalue weighted by Gasteiger charge is -2.34. The van der Waals surface area contributed by atoms with Gasteiger partial charge in [0.05, 0.1) is 16.8 Å². The van der Waals surface area contributed by atoms with E-state index in [9.17, 15) is 4.79 Å². The van der Waals surface area contributed by atoms with Crippen LogP contribution in [0.5, 0.6) is 0 Å². The van der Waals surface area contributed by atoms with Gasteiger partial charge in [0.25, 0.3) is 5.91 Å². The number of nitrogens with one attached hydrogen (secondary N) is 1. The van der Waals surface area contributed by atoms with Crippen molar-refractivity contribution >= 4 is 16.8 Å². The lowest BCUT2D eigenvalue weighted by atomic mass is 9.78. The van der Waals surface area contributed by atoms with Gasteiger partial charge in [0, 0.05) is 17.0 Å². The molecular formula is C26H30N2O. The molecule has 1 saturated carbocycles. The van der Waals surface area contributed by atoms with Crippen LogP contribution in [0.25, 0.3) is 22.2 Å². The Hall–Kier alpha value is -2.68. The van der Waals surface area contributed by atoms with Crippen LogP contribution in [0.1, 0.15) is 54.6 Å². The molecule has 0 saturated heterocycles. The van der Waals surface area contributed by atoms with Crippen LogP contribution < -0.4 is 5.32 Å². The minimum atomic E-state index is 0.0135. The number of pyridine rings is 1. The van der Waals surface area contributed by atoms with Crippen molar-refractivity contribution in [1.82, 2.24) is 10.3 Å². The van der Waals surface area contributed by atoms with Gasteiger partial charge >= 0.3 is 0 Å². The average molecular weight is 387 g/mol. The first-order valence-electron chi connectivity index (χ1n) is 10.7. The van der Waals surface area contributed by atoms with Crippen LogP contribution in [0.15, 0.2) is 48.5 Å². The molecule has 0 unspecified atom stereocenters. The van der Waals surface area contributed by atoms with Gasteiger partial charge in [-0.1, -0.05) is 57.0 Å². The first kappa shape index (κ1) is 19.6. The molecule has 1 heterocycles. The molecule has 2 aromatic carbocycles. The Morgan fingerprint density at radius 2 is 1.79 bits per heavy atom. The molecule has 1 amide bonds. The highest BCUT2D eigenvalue weighted by Gasteiger charge is 2.29. The molecule has 3 heteroatoms. The van der Waals surface area contributed by atoms with Gasteiger partial charge in [-0.05, 0) is 61.4 Å². The van der Waals surface area contributed by atoms with Crippen molar-refractivity contribution in [2.75, 3.05) is 0 Å². The van der Waals surface area contributed by atoms with E-state index in [2.05, 4.69) is 51.2 Å². The summed E-state index contributed by atoms with van der Waals surface area (Å²) in [5, 5.41) is 4.25. The number of aryl methyl sites for hydroxylation is 2. The van der Waals surface area contributed by atoms with Crippen LogP contribution in [-0.4, -0.2) is 16.9 Å². The van der Waals surface area contributed by atoms with E-state index in [1.165, 1.54) is 24.0 Å². The van der Waals surface area contributed by atoms with E-state index in [0.717, 1.165) is 28.6 Å². The summed E-state index contributed by atoms with van der Waals surface area (Å²) >= 11 is 0. The molecule has 1 fully saturated rings. The number of aromatic nitrogens is 1. The third-order valence-electron chi connectivity index (χ3n) is 6.79. The minimum Gasteiger partial charge on any atom is -0.349 e. The maximum atomic E-state index is 13.3. The van der Waals surface area contributed by atoms with Crippen LogP contribution in [-0.2, 0) is 0 Å². The molecule has 1 aromatic heterocycles. The second kappa shape index (κ2) is 7.98. The predicted octanol–water partition coefficient (Wildman–Crippen LogP) is 6.07. The highest BCUT2D eigenvalue weighted by molar-refractivity contribution is 6.07. The van der Waals surface area contributed by atoms with Crippen molar-refractivity contribution in [3.05, 3.63) is 65.2 Å². The summed E-state index contributed by atoms with van der Waals surface area (Å²) in [7, 11) is 0. The average Bonchev–Trinajstić information content (AvgIpc) is 2.72. The van der Waals surface area contributed by atoms with Gasteiger partial charge in [-0.15, -0.1) is 0 Å². The number of benzene rings is 2. The second-order valence-electron chi connectivity index (χ2n) is 8.72. The van der Waals surface area contributed by atoms with Crippen LogP contribution in [0, 0.1) is 25.7 Å². The summed E-state index contributed by atoms with van der Waals surface area (Å²) < 4.78 is 0. The summed E-state index contributed by atoms with van der Waals surface area (Å²) in [4.78, 5) is 18.2. The predicted molar refractivity (Wildman–Crippen MR) is 120 cm³/mol. The van der Waals surface area contributed by atoms with Gasteiger partial charge < -0.3 is 5.32 Å². The lowest BCUT2D eigenvalue weighted by Crippen LogP contribution is -2.43. The fourth-order valence-corrected chi connectivity index (χ4v) is 4.44. The normalized spacial score (nSPS) is 21.9. The number of fused-ring (bicyclic) bond motifs is 1. The van der Waals surface area contributed by atoms with E-state index in [-0.39, 0.29) is 11.9 Å². The molecule has 29 heavy (non-hydrogen) atoms. The molecule has 1 N–H and O–H groups in total. The van der Waals surface area contributed by atoms with E-state index in [1.54, 1.807) is 0 Å². The van der Waals surface area contributed by atoms with Crippen molar-refractivity contribution < 1.29 is 4.79 Å². The molecule has 0 aliphatic heterocycles. The smallest absolute Gasteiger partial charge is 0.252 e. The fourth-order valence-electron chi connectivity index (χ4n) is 4.44. The van der Waals surface area contributed by atoms with E-state index in [0.29, 0.717) is 17.4 Å². The summed E-state index contributed by atoms with van der Waals surface area (Å²) in [6.07, 6.45) is 3.49. The van der Waals surface area contributed by atoms with Gasteiger partial charge in [-0.25, -0.2) is 4.98 Å². The first-order chi connectivity index (χ1) is 13.9. The molecule has 3 aromatic rings. The second-order valence-corrected chi connectivity index (χ2v) is 8.72. The van der Waals surface area contributed by atoms with E-state index in [1.807, 2.05) is 30.3 Å². The number of nitrogens with zero attached hydrogens (tertiary/aromatic N) is 1. The number of amides is 1. The zero-order valence-corrected chi connectivity index (χ0v) is 17.8. The SMILES string of the molecule is Cc1ccc(-c2cc(C(=O)N[C@@H]3CCC[C@H](C)[C@H]3C)c3ccccc3n2)cc1C. The van der Waals surface area contributed by atoms with Gasteiger partial charge in [0.1, 0.15) is 0 Å². The van der Waals surface area contributed by atoms with Crippen LogP contribution in [0.2, 0.25) is 0 Å². The minimum absolute atomic E-state index is 0.0135. The van der Waals surface area contributed by atoms with Crippen LogP contribution in [0.3, 0.4) is 0 Å². The lowest BCUT2D eigenvalue weighted by molar-refractivity contribution is 0.0892. The Balaban J connectivity index is 1.74. The molecule has 150 valence electrons. The maximum absolute atomic E-state index is 13.3. The molecule has 0 radical (unpaired) electrons. The highest BCUT2D eigenvalue weighted by Crippen LogP contribution is 2.31. The Morgan fingerprint density at radius 3 is 2.59 bits per heavy atom. The zero-order valence-electron chi connectivity index (χ0n) is 17.8. The van der Waals surface area contributed by atoms with E-state index < -0.39 is 0 Å². The molecule has 0 spiro atoms. The number of para-hydroxylation sites is 1. The largest absolute Gasteiger partial charge is 0.349 e. The van der Waals surface area contributed by atoms with Gasteiger partial charge in [0.2, 0.25) is 0 Å². The summed E-state index contributed by atoms with van der Waals surface area (Å²) in [6.45, 7) is 8.78.